The van der Waals surface area contributed by atoms with E-state index in [2.05, 4.69) is 58.5 Å². The number of hydrogen-bond acceptors (Lipinski definition) is 8. The highest BCUT2D eigenvalue weighted by molar-refractivity contribution is 5.88. The molecule has 1 aliphatic rings. The van der Waals surface area contributed by atoms with Gasteiger partial charge in [0.15, 0.2) is 5.82 Å². The summed E-state index contributed by atoms with van der Waals surface area (Å²) >= 11 is 0. The molecule has 1 atom stereocenters. The third-order valence-corrected chi connectivity index (χ3v) is 5.79. The molecule has 0 bridgehead atoms. The van der Waals surface area contributed by atoms with Gasteiger partial charge < -0.3 is 25.4 Å². The van der Waals surface area contributed by atoms with E-state index in [1.807, 2.05) is 6.07 Å². The third kappa shape index (κ3) is 4.55. The van der Waals surface area contributed by atoms with Crippen LogP contribution in [-0.4, -0.2) is 58.3 Å². The summed E-state index contributed by atoms with van der Waals surface area (Å²) in [7, 11) is 3.81. The van der Waals surface area contributed by atoms with E-state index in [0.29, 0.717) is 17.3 Å². The van der Waals surface area contributed by atoms with Crippen LogP contribution in [0, 0.1) is 5.92 Å². The Balaban J connectivity index is 1.68. The number of fused-ring (bicyclic) bond motifs is 2. The molecule has 3 aromatic rings. The fourth-order valence-corrected chi connectivity index (χ4v) is 3.84. The number of methoxy groups -OCH3 is 1. The van der Waals surface area contributed by atoms with Gasteiger partial charge in [-0.1, -0.05) is 13.8 Å². The topological polar surface area (TPSA) is 95.4 Å². The van der Waals surface area contributed by atoms with Crippen molar-refractivity contribution >= 4 is 28.4 Å². The minimum Gasteiger partial charge on any atom is -0.495 e. The van der Waals surface area contributed by atoms with Gasteiger partial charge in [0.05, 0.1) is 25.4 Å². The van der Waals surface area contributed by atoms with Crippen LogP contribution in [-0.2, 0) is 13.0 Å². The molecular formula is C23H30N6O2. The van der Waals surface area contributed by atoms with Crippen LogP contribution in [0.3, 0.4) is 0 Å². The lowest BCUT2D eigenvalue weighted by molar-refractivity contribution is 0.249. The molecule has 0 fully saturated rings. The normalized spacial score (nSPS) is 15.0. The van der Waals surface area contributed by atoms with Crippen LogP contribution in [0.2, 0.25) is 0 Å². The average molecular weight is 423 g/mol. The summed E-state index contributed by atoms with van der Waals surface area (Å²) < 4.78 is 5.63. The molecule has 164 valence electrons. The van der Waals surface area contributed by atoms with Gasteiger partial charge in [-0.3, -0.25) is 0 Å². The first-order valence-electron chi connectivity index (χ1n) is 10.6. The summed E-state index contributed by atoms with van der Waals surface area (Å²) in [6.07, 6.45) is 4.51. The van der Waals surface area contributed by atoms with Crippen molar-refractivity contribution in [3.8, 4) is 5.75 Å². The molecule has 1 aromatic carbocycles. The van der Waals surface area contributed by atoms with Crippen molar-refractivity contribution in [3.63, 3.8) is 0 Å². The van der Waals surface area contributed by atoms with Gasteiger partial charge in [-0.05, 0) is 48.7 Å². The van der Waals surface area contributed by atoms with Crippen LogP contribution in [0.1, 0.15) is 25.0 Å². The number of anilines is 3. The molecule has 0 radical (unpaired) electrons. The molecule has 8 heteroatoms. The molecule has 8 nitrogen and oxygen atoms in total. The Hall–Kier alpha value is -2.97. The summed E-state index contributed by atoms with van der Waals surface area (Å²) in [5.74, 6) is 2.13. The number of nitrogens with zero attached hydrogens (tertiary/aromatic N) is 4. The molecule has 1 aliphatic heterocycles. The van der Waals surface area contributed by atoms with E-state index >= 15 is 0 Å². The summed E-state index contributed by atoms with van der Waals surface area (Å²) in [5.41, 5.74) is 4.14. The van der Waals surface area contributed by atoms with Crippen LogP contribution in [0.25, 0.3) is 10.9 Å². The van der Waals surface area contributed by atoms with E-state index in [4.69, 9.17) is 9.72 Å². The predicted octanol–water partition coefficient (Wildman–Crippen LogP) is 3.19. The molecule has 31 heavy (non-hydrogen) atoms. The van der Waals surface area contributed by atoms with Crippen molar-refractivity contribution < 1.29 is 9.84 Å². The second-order valence-electron chi connectivity index (χ2n) is 8.40. The molecule has 4 rings (SSSR count). The van der Waals surface area contributed by atoms with Crippen molar-refractivity contribution in [2.75, 3.05) is 37.9 Å². The second-order valence-corrected chi connectivity index (χ2v) is 8.40. The molecule has 0 amide bonds. The van der Waals surface area contributed by atoms with E-state index < -0.39 is 0 Å². The Labute approximate surface area is 182 Å². The van der Waals surface area contributed by atoms with Gasteiger partial charge in [-0.25, -0.2) is 15.0 Å². The molecule has 3 N–H and O–H groups in total. The summed E-state index contributed by atoms with van der Waals surface area (Å²) in [4.78, 5) is 16.0. The average Bonchev–Trinajstić information content (AvgIpc) is 2.76. The van der Waals surface area contributed by atoms with E-state index in [1.54, 1.807) is 19.5 Å². The Morgan fingerprint density at radius 3 is 2.81 bits per heavy atom. The van der Waals surface area contributed by atoms with Crippen molar-refractivity contribution in [2.45, 2.75) is 32.9 Å². The Morgan fingerprint density at radius 1 is 1.23 bits per heavy atom. The summed E-state index contributed by atoms with van der Waals surface area (Å²) in [6.45, 7) is 6.08. The SMILES string of the molecule is COc1cc2c(cc1Nc1ncc3ccnc(N[C@@H](CO)C(C)C)c3n1)CN(C)CC2. The lowest BCUT2D eigenvalue weighted by Crippen LogP contribution is -2.30. The van der Waals surface area contributed by atoms with Crippen LogP contribution >= 0.6 is 0 Å². The fourth-order valence-electron chi connectivity index (χ4n) is 3.84. The molecule has 2 aromatic heterocycles. The Bertz CT molecular complexity index is 1070. The fraction of sp³-hybridized carbons (Fsp3) is 0.435. The predicted molar refractivity (Wildman–Crippen MR) is 123 cm³/mol. The standard InChI is InChI=1S/C23H30N6O2/c1-14(2)19(13-30)26-22-21-16(5-7-24-22)11-25-23(28-21)27-18-9-17-12-29(3)8-6-15(17)10-20(18)31-4/h5,7,9-11,14,19,30H,6,8,12-13H2,1-4H3,(H,24,26)(H,25,27,28)/t19-/m0/s1. The molecule has 3 heterocycles. The number of rotatable bonds is 7. The van der Waals surface area contributed by atoms with E-state index in [1.165, 1.54) is 11.1 Å². The number of aliphatic hydroxyl groups excluding tert-OH is 1. The van der Waals surface area contributed by atoms with Gasteiger partial charge in [0.2, 0.25) is 5.95 Å². The van der Waals surface area contributed by atoms with Crippen molar-refractivity contribution in [1.82, 2.24) is 19.9 Å². The van der Waals surface area contributed by atoms with Gasteiger partial charge >= 0.3 is 0 Å². The molecule has 0 saturated heterocycles. The van der Waals surface area contributed by atoms with Gasteiger partial charge in [-0.2, -0.15) is 0 Å². The molecule has 0 saturated carbocycles. The van der Waals surface area contributed by atoms with Gasteiger partial charge in [0, 0.05) is 30.9 Å². The van der Waals surface area contributed by atoms with Crippen LogP contribution < -0.4 is 15.4 Å². The highest BCUT2D eigenvalue weighted by Crippen LogP contribution is 2.33. The van der Waals surface area contributed by atoms with Crippen molar-refractivity contribution in [2.24, 2.45) is 5.92 Å². The minimum absolute atomic E-state index is 0.0205. The third-order valence-electron chi connectivity index (χ3n) is 5.79. The number of aromatic nitrogens is 3. The van der Waals surface area contributed by atoms with E-state index in [9.17, 15) is 5.11 Å². The summed E-state index contributed by atoms with van der Waals surface area (Å²) in [6, 6.07) is 6.00. The first-order chi connectivity index (χ1) is 15.0. The quantitative estimate of drug-likeness (QED) is 0.534. The monoisotopic (exact) mass is 422 g/mol. The van der Waals surface area contributed by atoms with Gasteiger partial charge in [0.1, 0.15) is 11.3 Å². The summed E-state index contributed by atoms with van der Waals surface area (Å²) in [5, 5.41) is 17.2. The van der Waals surface area contributed by atoms with Crippen molar-refractivity contribution in [3.05, 3.63) is 41.7 Å². The maximum atomic E-state index is 9.70. The second kappa shape index (κ2) is 9.03. The minimum atomic E-state index is -0.109. The Morgan fingerprint density at radius 2 is 2.06 bits per heavy atom. The van der Waals surface area contributed by atoms with Gasteiger partial charge in [-0.15, -0.1) is 0 Å². The largest absolute Gasteiger partial charge is 0.495 e. The first kappa shape index (κ1) is 21.3. The molecule has 0 unspecified atom stereocenters. The highest BCUT2D eigenvalue weighted by Gasteiger charge is 2.18. The number of nitrogens with one attached hydrogen (secondary N) is 2. The maximum Gasteiger partial charge on any atom is 0.227 e. The molecular weight excluding hydrogens is 392 g/mol. The zero-order valence-electron chi connectivity index (χ0n) is 18.5. The number of aliphatic hydroxyl groups is 1. The maximum absolute atomic E-state index is 9.70. The lowest BCUT2D eigenvalue weighted by atomic mass is 9.99. The number of pyridine rings is 1. The highest BCUT2D eigenvalue weighted by atomic mass is 16.5. The zero-order chi connectivity index (χ0) is 22.0. The Kier molecular flexibility index (Phi) is 6.20. The number of benzene rings is 1. The number of ether oxygens (including phenoxy) is 1. The van der Waals surface area contributed by atoms with Crippen LogP contribution in [0.4, 0.5) is 17.5 Å². The first-order valence-corrected chi connectivity index (χ1v) is 10.6. The zero-order valence-corrected chi connectivity index (χ0v) is 18.5. The smallest absolute Gasteiger partial charge is 0.227 e. The lowest BCUT2D eigenvalue weighted by Gasteiger charge is -2.26. The molecule has 0 aliphatic carbocycles. The number of hydrogen-bond donors (Lipinski definition) is 3. The number of likely N-dealkylation sites (N-methyl/N-ethyl adjacent to an activating group) is 1. The molecule has 0 spiro atoms. The van der Waals surface area contributed by atoms with Crippen LogP contribution in [0.15, 0.2) is 30.6 Å². The van der Waals surface area contributed by atoms with Gasteiger partial charge in [0.25, 0.3) is 0 Å². The van der Waals surface area contributed by atoms with Crippen molar-refractivity contribution in [1.29, 1.82) is 0 Å². The van der Waals surface area contributed by atoms with Crippen LogP contribution in [0.5, 0.6) is 5.75 Å². The van der Waals surface area contributed by atoms with E-state index in [0.717, 1.165) is 36.3 Å². The van der Waals surface area contributed by atoms with E-state index in [-0.39, 0.29) is 18.6 Å².